The molecule has 0 radical (unpaired) electrons. The van der Waals surface area contributed by atoms with Crippen molar-refractivity contribution in [2.75, 3.05) is 7.05 Å². The minimum atomic E-state index is -0.146. The Hall–Kier alpha value is -1.38. The molecular weight excluding hydrogens is 282 g/mol. The van der Waals surface area contributed by atoms with E-state index in [-0.39, 0.29) is 6.10 Å². The third-order valence-corrected chi connectivity index (χ3v) is 6.26. The fourth-order valence-corrected chi connectivity index (χ4v) is 5.18. The van der Waals surface area contributed by atoms with E-state index in [4.69, 9.17) is 0 Å². The summed E-state index contributed by atoms with van der Waals surface area (Å²) in [7, 11) is 2.21. The van der Waals surface area contributed by atoms with E-state index in [9.17, 15) is 5.11 Å². The Morgan fingerprint density at radius 1 is 1.09 bits per heavy atom. The number of likely N-dealkylation sites (N-methyl/N-ethyl adjacent to an activating group) is 1. The van der Waals surface area contributed by atoms with Crippen LogP contribution in [0, 0.1) is 5.92 Å². The maximum atomic E-state index is 10.6. The largest absolute Gasteiger partial charge is 0.391 e. The van der Waals surface area contributed by atoms with Crippen LogP contribution in [0.2, 0.25) is 0 Å². The minimum Gasteiger partial charge on any atom is -0.391 e. The van der Waals surface area contributed by atoms with Crippen molar-refractivity contribution >= 4 is 10.8 Å². The van der Waals surface area contributed by atoms with Gasteiger partial charge < -0.3 is 5.11 Å². The molecule has 2 unspecified atom stereocenters. The normalized spacial score (nSPS) is 34.1. The summed E-state index contributed by atoms with van der Waals surface area (Å²) in [6.45, 7) is 2.27. The van der Waals surface area contributed by atoms with Crippen LogP contribution < -0.4 is 0 Å². The molecule has 2 saturated heterocycles. The average molecular weight is 309 g/mol. The molecule has 2 heterocycles. The first kappa shape index (κ1) is 15.2. The molecule has 0 aromatic heterocycles. The number of piperidine rings is 1. The number of aliphatic hydroxyl groups is 1. The van der Waals surface area contributed by atoms with Crippen molar-refractivity contribution in [1.29, 1.82) is 0 Å². The molecule has 2 aliphatic heterocycles. The van der Waals surface area contributed by atoms with E-state index in [1.165, 1.54) is 35.6 Å². The highest BCUT2D eigenvalue weighted by Gasteiger charge is 2.49. The monoisotopic (exact) mass is 309 g/mol. The zero-order chi connectivity index (χ0) is 16.0. The lowest BCUT2D eigenvalue weighted by molar-refractivity contribution is 0.0425. The van der Waals surface area contributed by atoms with E-state index in [0.29, 0.717) is 23.9 Å². The van der Waals surface area contributed by atoms with Crippen molar-refractivity contribution in [2.24, 2.45) is 5.92 Å². The number of hydrogen-bond acceptors (Lipinski definition) is 2. The molecule has 0 amide bonds. The molecule has 2 aromatic carbocycles. The zero-order valence-corrected chi connectivity index (χ0v) is 14.2. The Kier molecular flexibility index (Phi) is 3.90. The highest BCUT2D eigenvalue weighted by molar-refractivity contribution is 5.83. The second kappa shape index (κ2) is 5.92. The molecule has 2 aromatic rings. The summed E-state index contributed by atoms with van der Waals surface area (Å²) in [5.74, 6) is 1.16. The Balaban J connectivity index is 1.73. The van der Waals surface area contributed by atoms with Gasteiger partial charge in [0.1, 0.15) is 0 Å². The molecule has 5 atom stereocenters. The molecule has 0 aliphatic carbocycles. The number of benzene rings is 2. The van der Waals surface area contributed by atoms with Gasteiger partial charge in [0, 0.05) is 12.1 Å². The molecule has 0 spiro atoms. The van der Waals surface area contributed by atoms with Gasteiger partial charge in [0.05, 0.1) is 6.10 Å². The maximum Gasteiger partial charge on any atom is 0.0713 e. The van der Waals surface area contributed by atoms with E-state index in [2.05, 4.69) is 61.3 Å². The van der Waals surface area contributed by atoms with Crippen molar-refractivity contribution in [3.63, 3.8) is 0 Å². The van der Waals surface area contributed by atoms with Crippen molar-refractivity contribution in [1.82, 2.24) is 4.90 Å². The van der Waals surface area contributed by atoms with Crippen LogP contribution in [0.3, 0.4) is 0 Å². The van der Waals surface area contributed by atoms with Crippen LogP contribution in [0.5, 0.6) is 0 Å². The molecule has 1 N–H and O–H groups in total. The average Bonchev–Trinajstić information content (AvgIpc) is 2.75. The molecule has 2 bridgehead atoms. The van der Waals surface area contributed by atoms with Crippen molar-refractivity contribution in [3.05, 3.63) is 48.0 Å². The predicted molar refractivity (Wildman–Crippen MR) is 95.7 cm³/mol. The number of nitrogens with zero attached hydrogens (tertiary/aromatic N) is 1. The standard InChI is InChI=1S/C21H27NO/c1-3-6-18-19(12-17-13-20(23)21(18)22(17)2)16-10-9-14-7-4-5-8-15(14)11-16/h4-5,7-11,17-21,23H,3,6,12-13H2,1-2H3/t17?,18-,19+,20?,21-/m0/s1. The number of rotatable bonds is 3. The van der Waals surface area contributed by atoms with Crippen LogP contribution in [-0.2, 0) is 0 Å². The third kappa shape index (κ3) is 2.49. The van der Waals surface area contributed by atoms with Crippen LogP contribution in [-0.4, -0.2) is 35.2 Å². The second-order valence-electron chi connectivity index (χ2n) is 7.51. The fraction of sp³-hybridized carbons (Fsp3) is 0.524. The Morgan fingerprint density at radius 2 is 1.87 bits per heavy atom. The summed E-state index contributed by atoms with van der Waals surface area (Å²) in [4.78, 5) is 2.46. The fourth-order valence-electron chi connectivity index (χ4n) is 5.18. The Labute approximate surface area is 139 Å². The van der Waals surface area contributed by atoms with Crippen molar-refractivity contribution in [3.8, 4) is 0 Å². The molecule has 122 valence electrons. The quantitative estimate of drug-likeness (QED) is 0.919. The van der Waals surface area contributed by atoms with Crippen LogP contribution in [0.15, 0.2) is 42.5 Å². The van der Waals surface area contributed by atoms with Crippen LogP contribution in [0.25, 0.3) is 10.8 Å². The predicted octanol–water partition coefficient (Wildman–Crippen LogP) is 4.18. The highest BCUT2D eigenvalue weighted by Crippen LogP contribution is 2.48. The van der Waals surface area contributed by atoms with Crippen molar-refractivity contribution < 1.29 is 5.11 Å². The maximum absolute atomic E-state index is 10.6. The van der Waals surface area contributed by atoms with Gasteiger partial charge in [0.15, 0.2) is 0 Å². The molecular formula is C21H27NO. The van der Waals surface area contributed by atoms with Gasteiger partial charge in [-0.2, -0.15) is 0 Å². The highest BCUT2D eigenvalue weighted by atomic mass is 16.3. The first-order chi connectivity index (χ1) is 11.2. The lowest BCUT2D eigenvalue weighted by Gasteiger charge is -2.44. The van der Waals surface area contributed by atoms with Crippen molar-refractivity contribution in [2.45, 2.75) is 56.7 Å². The molecule has 2 aliphatic rings. The lowest BCUT2D eigenvalue weighted by atomic mass is 9.73. The van der Waals surface area contributed by atoms with Gasteiger partial charge in [0.25, 0.3) is 0 Å². The summed E-state index contributed by atoms with van der Waals surface area (Å²) in [5, 5.41) is 13.2. The van der Waals surface area contributed by atoms with Crippen LogP contribution in [0.4, 0.5) is 0 Å². The van der Waals surface area contributed by atoms with Crippen LogP contribution in [0.1, 0.15) is 44.1 Å². The summed E-state index contributed by atoms with van der Waals surface area (Å²) < 4.78 is 0. The van der Waals surface area contributed by atoms with E-state index in [0.717, 1.165) is 6.42 Å². The summed E-state index contributed by atoms with van der Waals surface area (Å²) in [5.41, 5.74) is 1.47. The summed E-state index contributed by atoms with van der Waals surface area (Å²) >= 11 is 0. The SMILES string of the molecule is CCC[C@H]1[C@@H](c2ccc3ccccc3c2)CC2CC(O)[C@H]1N2C. The Morgan fingerprint density at radius 3 is 2.65 bits per heavy atom. The minimum absolute atomic E-state index is 0.146. The second-order valence-corrected chi connectivity index (χ2v) is 7.51. The topological polar surface area (TPSA) is 23.5 Å². The zero-order valence-electron chi connectivity index (χ0n) is 14.2. The molecule has 23 heavy (non-hydrogen) atoms. The number of aliphatic hydroxyl groups excluding tert-OH is 1. The van der Waals surface area contributed by atoms with Gasteiger partial charge in [-0.25, -0.2) is 0 Å². The van der Waals surface area contributed by atoms with Crippen LogP contribution >= 0.6 is 0 Å². The number of fused-ring (bicyclic) bond motifs is 3. The van der Waals surface area contributed by atoms with E-state index >= 15 is 0 Å². The van der Waals surface area contributed by atoms with Gasteiger partial charge in [-0.15, -0.1) is 0 Å². The van der Waals surface area contributed by atoms with Gasteiger partial charge in [0.2, 0.25) is 0 Å². The molecule has 2 heteroatoms. The molecule has 0 saturated carbocycles. The summed E-state index contributed by atoms with van der Waals surface area (Å²) in [6.07, 6.45) is 4.39. The summed E-state index contributed by atoms with van der Waals surface area (Å²) in [6, 6.07) is 16.5. The Bertz CT molecular complexity index is 697. The van der Waals surface area contributed by atoms with Gasteiger partial charge in [-0.05, 0) is 54.5 Å². The number of hydrogen-bond donors (Lipinski definition) is 1. The van der Waals surface area contributed by atoms with Gasteiger partial charge in [-0.1, -0.05) is 55.8 Å². The molecule has 2 fully saturated rings. The third-order valence-electron chi connectivity index (χ3n) is 6.26. The van der Waals surface area contributed by atoms with Gasteiger partial charge in [-0.3, -0.25) is 4.90 Å². The molecule has 4 rings (SSSR count). The lowest BCUT2D eigenvalue weighted by Crippen LogP contribution is -2.48. The van der Waals surface area contributed by atoms with Gasteiger partial charge >= 0.3 is 0 Å². The molecule has 2 nitrogen and oxygen atoms in total. The van der Waals surface area contributed by atoms with E-state index < -0.39 is 0 Å². The van der Waals surface area contributed by atoms with E-state index in [1.807, 2.05) is 0 Å². The smallest absolute Gasteiger partial charge is 0.0713 e. The first-order valence-electron chi connectivity index (χ1n) is 9.07. The van der Waals surface area contributed by atoms with E-state index in [1.54, 1.807) is 0 Å². The first-order valence-corrected chi connectivity index (χ1v) is 9.07.